The van der Waals surface area contributed by atoms with E-state index >= 15 is 0 Å². The molecule has 19 heavy (non-hydrogen) atoms. The van der Waals surface area contributed by atoms with Gasteiger partial charge in [0.05, 0.1) is 6.61 Å². The lowest BCUT2D eigenvalue weighted by molar-refractivity contribution is 0.0937. The van der Waals surface area contributed by atoms with E-state index in [1.54, 1.807) is 12.1 Å². The predicted molar refractivity (Wildman–Crippen MR) is 77.4 cm³/mol. The highest BCUT2D eigenvalue weighted by atomic mass is 16.5. The van der Waals surface area contributed by atoms with Crippen LogP contribution in [-0.4, -0.2) is 25.1 Å². The van der Waals surface area contributed by atoms with Gasteiger partial charge >= 0.3 is 0 Å². The summed E-state index contributed by atoms with van der Waals surface area (Å²) >= 11 is 0. The van der Waals surface area contributed by atoms with Gasteiger partial charge in [0.15, 0.2) is 0 Å². The Labute approximate surface area is 115 Å². The Bertz CT molecular complexity index is 372. The Kier molecular flexibility index (Phi) is 6.97. The minimum atomic E-state index is -0.0857. The van der Waals surface area contributed by atoms with E-state index in [1.807, 2.05) is 19.1 Å². The maximum atomic E-state index is 11.9. The molecule has 0 heterocycles. The summed E-state index contributed by atoms with van der Waals surface area (Å²) < 4.78 is 5.55. The largest absolute Gasteiger partial charge is 0.494 e. The van der Waals surface area contributed by atoms with Crippen LogP contribution >= 0.6 is 0 Å². The van der Waals surface area contributed by atoms with Crippen LogP contribution in [0.5, 0.6) is 5.75 Å². The van der Waals surface area contributed by atoms with E-state index in [-0.39, 0.29) is 11.9 Å². The van der Waals surface area contributed by atoms with Crippen LogP contribution in [0.3, 0.4) is 0 Å². The molecule has 106 valence electrons. The van der Waals surface area contributed by atoms with Gasteiger partial charge in [-0.15, -0.1) is 0 Å². The van der Waals surface area contributed by atoms with Crippen LogP contribution in [0.25, 0.3) is 0 Å². The van der Waals surface area contributed by atoms with E-state index in [1.165, 1.54) is 0 Å². The molecule has 4 heteroatoms. The number of carbonyl (C=O) groups excluding carboxylic acids is 1. The van der Waals surface area contributed by atoms with Gasteiger partial charge < -0.3 is 15.8 Å². The van der Waals surface area contributed by atoms with Gasteiger partial charge in [-0.2, -0.15) is 0 Å². The third kappa shape index (κ3) is 5.30. The normalized spacial score (nSPS) is 11.9. The van der Waals surface area contributed by atoms with E-state index in [4.69, 9.17) is 10.5 Å². The van der Waals surface area contributed by atoms with Crippen LogP contribution in [0.1, 0.15) is 43.5 Å². The van der Waals surface area contributed by atoms with Crippen LogP contribution in [0.2, 0.25) is 0 Å². The van der Waals surface area contributed by atoms with Gasteiger partial charge in [0, 0.05) is 18.2 Å². The smallest absolute Gasteiger partial charge is 0.251 e. The highest BCUT2D eigenvalue weighted by Crippen LogP contribution is 2.13. The molecule has 0 aliphatic heterocycles. The summed E-state index contributed by atoms with van der Waals surface area (Å²) in [4.78, 5) is 11.9. The number of rotatable bonds is 8. The first-order valence-electron chi connectivity index (χ1n) is 6.95. The van der Waals surface area contributed by atoms with Crippen molar-refractivity contribution in [3.63, 3.8) is 0 Å². The van der Waals surface area contributed by atoms with Gasteiger partial charge in [-0.1, -0.05) is 20.3 Å². The number of nitrogens with two attached hydrogens (primary N) is 1. The third-order valence-corrected chi connectivity index (χ3v) is 3.00. The zero-order valence-corrected chi connectivity index (χ0v) is 11.8. The summed E-state index contributed by atoms with van der Waals surface area (Å²) in [6.07, 6.45) is 2.98. The standard InChI is InChI=1S/C15H24N2O2/c1-3-5-10-19-14-8-6-12(7-9-14)15(18)17-13(4-2)11-16/h6-9,13H,3-5,10-11,16H2,1-2H3,(H,17,18). The highest BCUT2D eigenvalue weighted by Gasteiger charge is 2.10. The summed E-state index contributed by atoms with van der Waals surface area (Å²) in [7, 11) is 0. The number of carbonyl (C=O) groups is 1. The topological polar surface area (TPSA) is 64.3 Å². The van der Waals surface area contributed by atoms with Crippen molar-refractivity contribution in [2.75, 3.05) is 13.2 Å². The SMILES string of the molecule is CCCCOc1ccc(C(=O)NC(CC)CN)cc1. The lowest BCUT2D eigenvalue weighted by Crippen LogP contribution is -2.39. The molecule has 1 unspecified atom stereocenters. The Hall–Kier alpha value is -1.55. The number of hydrogen-bond acceptors (Lipinski definition) is 3. The quantitative estimate of drug-likeness (QED) is 0.708. The van der Waals surface area contributed by atoms with E-state index in [9.17, 15) is 4.79 Å². The van der Waals surface area contributed by atoms with Crippen LogP contribution in [0, 0.1) is 0 Å². The molecule has 0 aliphatic carbocycles. The van der Waals surface area contributed by atoms with Crippen LogP contribution in [-0.2, 0) is 0 Å². The van der Waals surface area contributed by atoms with Gasteiger partial charge in [-0.05, 0) is 37.1 Å². The fourth-order valence-electron chi connectivity index (χ4n) is 1.63. The zero-order chi connectivity index (χ0) is 14.1. The Morgan fingerprint density at radius 1 is 1.32 bits per heavy atom. The minimum absolute atomic E-state index is 0.0352. The maximum Gasteiger partial charge on any atom is 0.251 e. The van der Waals surface area contributed by atoms with E-state index < -0.39 is 0 Å². The van der Waals surface area contributed by atoms with E-state index in [0.29, 0.717) is 18.7 Å². The lowest BCUT2D eigenvalue weighted by Gasteiger charge is -2.14. The molecule has 0 saturated heterocycles. The average Bonchev–Trinajstić information content (AvgIpc) is 2.45. The van der Waals surface area contributed by atoms with Gasteiger partial charge in [-0.25, -0.2) is 0 Å². The molecule has 0 spiro atoms. The second-order valence-electron chi connectivity index (χ2n) is 4.54. The second kappa shape index (κ2) is 8.53. The van der Waals surface area contributed by atoms with Crippen molar-refractivity contribution in [2.24, 2.45) is 5.73 Å². The van der Waals surface area contributed by atoms with Crippen LogP contribution in [0.15, 0.2) is 24.3 Å². The second-order valence-corrected chi connectivity index (χ2v) is 4.54. The Morgan fingerprint density at radius 3 is 2.53 bits per heavy atom. The first kappa shape index (κ1) is 15.5. The van der Waals surface area contributed by atoms with Crippen molar-refractivity contribution in [1.29, 1.82) is 0 Å². The molecule has 3 N–H and O–H groups in total. The number of ether oxygens (including phenoxy) is 1. The number of unbranched alkanes of at least 4 members (excludes halogenated alkanes) is 1. The lowest BCUT2D eigenvalue weighted by atomic mass is 10.1. The van der Waals surface area contributed by atoms with Crippen molar-refractivity contribution in [1.82, 2.24) is 5.32 Å². The molecule has 1 atom stereocenters. The molecule has 1 aromatic rings. The molecule has 1 amide bonds. The number of amides is 1. The van der Waals surface area contributed by atoms with E-state index in [0.717, 1.165) is 25.0 Å². The molecule has 0 radical (unpaired) electrons. The fourth-order valence-corrected chi connectivity index (χ4v) is 1.63. The predicted octanol–water partition coefficient (Wildman–Crippen LogP) is 2.33. The van der Waals surface area contributed by atoms with Crippen molar-refractivity contribution < 1.29 is 9.53 Å². The first-order chi connectivity index (χ1) is 9.21. The van der Waals surface area contributed by atoms with Gasteiger partial charge in [0.25, 0.3) is 5.91 Å². The molecule has 0 saturated carbocycles. The summed E-state index contributed by atoms with van der Waals surface area (Å²) in [5, 5.41) is 2.90. The molecule has 0 aliphatic rings. The summed E-state index contributed by atoms with van der Waals surface area (Å²) in [6.45, 7) is 5.30. The van der Waals surface area contributed by atoms with Crippen LogP contribution in [0.4, 0.5) is 0 Å². The Balaban J connectivity index is 2.52. The zero-order valence-electron chi connectivity index (χ0n) is 11.8. The van der Waals surface area contributed by atoms with Gasteiger partial charge in [-0.3, -0.25) is 4.79 Å². The first-order valence-corrected chi connectivity index (χ1v) is 6.95. The van der Waals surface area contributed by atoms with E-state index in [2.05, 4.69) is 12.2 Å². The number of nitrogens with one attached hydrogen (secondary N) is 1. The van der Waals surface area contributed by atoms with Crippen molar-refractivity contribution in [3.8, 4) is 5.75 Å². The third-order valence-electron chi connectivity index (χ3n) is 3.00. The van der Waals surface area contributed by atoms with Crippen molar-refractivity contribution in [2.45, 2.75) is 39.2 Å². The summed E-state index contributed by atoms with van der Waals surface area (Å²) in [5.74, 6) is 0.716. The minimum Gasteiger partial charge on any atom is -0.494 e. The highest BCUT2D eigenvalue weighted by molar-refractivity contribution is 5.94. The molecule has 4 nitrogen and oxygen atoms in total. The fraction of sp³-hybridized carbons (Fsp3) is 0.533. The average molecular weight is 264 g/mol. The monoisotopic (exact) mass is 264 g/mol. The number of hydrogen-bond donors (Lipinski definition) is 2. The molecule has 1 rings (SSSR count). The number of benzene rings is 1. The maximum absolute atomic E-state index is 11.9. The summed E-state index contributed by atoms with van der Waals surface area (Å²) in [5.41, 5.74) is 6.20. The van der Waals surface area contributed by atoms with Gasteiger partial charge in [0.1, 0.15) is 5.75 Å². The molecular weight excluding hydrogens is 240 g/mol. The van der Waals surface area contributed by atoms with Crippen molar-refractivity contribution in [3.05, 3.63) is 29.8 Å². The summed E-state index contributed by atoms with van der Waals surface area (Å²) in [6, 6.07) is 7.25. The molecule has 1 aromatic carbocycles. The molecule has 0 fully saturated rings. The van der Waals surface area contributed by atoms with Gasteiger partial charge in [0.2, 0.25) is 0 Å². The molecular formula is C15H24N2O2. The van der Waals surface area contributed by atoms with Crippen LogP contribution < -0.4 is 15.8 Å². The molecule has 0 aromatic heterocycles. The Morgan fingerprint density at radius 2 is 2.00 bits per heavy atom. The molecule has 0 bridgehead atoms. The van der Waals surface area contributed by atoms with Crippen molar-refractivity contribution >= 4 is 5.91 Å².